The Morgan fingerprint density at radius 3 is 2.68 bits per heavy atom. The van der Waals surface area contributed by atoms with Crippen molar-refractivity contribution in [3.05, 3.63) is 59.0 Å². The molecule has 1 amide bonds. The van der Waals surface area contributed by atoms with Crippen molar-refractivity contribution in [1.29, 1.82) is 0 Å². The molecule has 1 aliphatic heterocycles. The number of fused-ring (bicyclic) bond motifs is 1. The summed E-state index contributed by atoms with van der Waals surface area (Å²) in [6.45, 7) is 6.11. The van der Waals surface area contributed by atoms with Gasteiger partial charge in [-0.2, -0.15) is 13.2 Å². The van der Waals surface area contributed by atoms with E-state index in [1.54, 1.807) is 29.7 Å². The van der Waals surface area contributed by atoms with E-state index in [9.17, 15) is 18.0 Å². The number of rotatable bonds is 6. The van der Waals surface area contributed by atoms with Gasteiger partial charge in [0.25, 0.3) is 5.91 Å². The lowest BCUT2D eigenvalue weighted by Gasteiger charge is -2.26. The molecule has 2 aromatic heterocycles. The molecule has 166 valence electrons. The highest BCUT2D eigenvalue weighted by molar-refractivity contribution is 5.97. The minimum Gasteiger partial charge on any atom is -0.460 e. The third kappa shape index (κ3) is 4.94. The number of aromatic nitrogens is 1. The number of carbonyl (C=O) groups is 1. The van der Waals surface area contributed by atoms with E-state index in [0.717, 1.165) is 25.2 Å². The van der Waals surface area contributed by atoms with E-state index < -0.39 is 11.7 Å². The van der Waals surface area contributed by atoms with Crippen molar-refractivity contribution < 1.29 is 27.1 Å². The SMILES string of the molecule is Cc1cc2c(cc(C(=O)NCCN3CCOCC3)n2Cc2cccc(C(F)(F)F)c2)o1. The van der Waals surface area contributed by atoms with E-state index in [0.29, 0.717) is 54.4 Å². The summed E-state index contributed by atoms with van der Waals surface area (Å²) in [6.07, 6.45) is -4.42. The largest absolute Gasteiger partial charge is 0.460 e. The van der Waals surface area contributed by atoms with E-state index >= 15 is 0 Å². The summed E-state index contributed by atoms with van der Waals surface area (Å²) in [5.74, 6) is 0.381. The van der Waals surface area contributed by atoms with Gasteiger partial charge in [0.05, 0.1) is 24.3 Å². The lowest BCUT2D eigenvalue weighted by atomic mass is 10.1. The number of furan rings is 1. The minimum absolute atomic E-state index is 0.124. The van der Waals surface area contributed by atoms with Gasteiger partial charge < -0.3 is 19.0 Å². The summed E-state index contributed by atoms with van der Waals surface area (Å²) < 4.78 is 52.0. The van der Waals surface area contributed by atoms with Gasteiger partial charge in [0.15, 0.2) is 5.58 Å². The second-order valence-corrected chi connectivity index (χ2v) is 7.63. The predicted octanol–water partition coefficient (Wildman–Crippen LogP) is 3.67. The van der Waals surface area contributed by atoms with Crippen LogP contribution in [0.2, 0.25) is 0 Å². The Labute approximate surface area is 177 Å². The van der Waals surface area contributed by atoms with Crippen LogP contribution in [0.4, 0.5) is 13.2 Å². The highest BCUT2D eigenvalue weighted by Gasteiger charge is 2.30. The summed E-state index contributed by atoms with van der Waals surface area (Å²) in [5, 5.41) is 2.91. The molecule has 4 rings (SSSR count). The van der Waals surface area contributed by atoms with Crippen LogP contribution in [0.25, 0.3) is 11.1 Å². The number of benzene rings is 1. The first-order valence-electron chi connectivity index (χ1n) is 10.2. The van der Waals surface area contributed by atoms with E-state index in [1.807, 2.05) is 0 Å². The fourth-order valence-corrected chi connectivity index (χ4v) is 3.79. The fourth-order valence-electron chi connectivity index (χ4n) is 3.79. The zero-order valence-electron chi connectivity index (χ0n) is 17.2. The van der Waals surface area contributed by atoms with Gasteiger partial charge in [-0.15, -0.1) is 0 Å². The average molecular weight is 435 g/mol. The average Bonchev–Trinajstić information content (AvgIpc) is 3.25. The topological polar surface area (TPSA) is 59.6 Å². The van der Waals surface area contributed by atoms with Crippen molar-refractivity contribution in [3.63, 3.8) is 0 Å². The van der Waals surface area contributed by atoms with Gasteiger partial charge in [-0.1, -0.05) is 12.1 Å². The molecular weight excluding hydrogens is 411 g/mol. The van der Waals surface area contributed by atoms with Crippen molar-refractivity contribution in [1.82, 2.24) is 14.8 Å². The smallest absolute Gasteiger partial charge is 0.416 e. The molecule has 0 radical (unpaired) electrons. The Morgan fingerprint density at radius 2 is 1.94 bits per heavy atom. The summed E-state index contributed by atoms with van der Waals surface area (Å²) in [7, 11) is 0. The van der Waals surface area contributed by atoms with Crippen molar-refractivity contribution in [2.45, 2.75) is 19.6 Å². The van der Waals surface area contributed by atoms with Crippen LogP contribution in [0.5, 0.6) is 0 Å². The highest BCUT2D eigenvalue weighted by Crippen LogP contribution is 2.30. The zero-order chi connectivity index (χ0) is 22.0. The van der Waals surface area contributed by atoms with Gasteiger partial charge in [0, 0.05) is 44.9 Å². The summed E-state index contributed by atoms with van der Waals surface area (Å²) in [6, 6.07) is 8.57. The van der Waals surface area contributed by atoms with Crippen LogP contribution >= 0.6 is 0 Å². The first-order valence-corrected chi connectivity index (χ1v) is 10.2. The Kier molecular flexibility index (Phi) is 6.06. The Hall–Kier alpha value is -2.78. The number of nitrogens with zero attached hydrogens (tertiary/aromatic N) is 2. The third-order valence-corrected chi connectivity index (χ3v) is 5.36. The normalized spacial score (nSPS) is 15.5. The number of amides is 1. The molecule has 1 aromatic carbocycles. The molecule has 1 N–H and O–H groups in total. The van der Waals surface area contributed by atoms with E-state index in [2.05, 4.69) is 10.2 Å². The molecule has 0 aliphatic carbocycles. The maximum Gasteiger partial charge on any atom is 0.416 e. The molecule has 6 nitrogen and oxygen atoms in total. The van der Waals surface area contributed by atoms with Gasteiger partial charge in [-0.25, -0.2) is 0 Å². The van der Waals surface area contributed by atoms with Gasteiger partial charge in [-0.3, -0.25) is 9.69 Å². The predicted molar refractivity (Wildman–Crippen MR) is 109 cm³/mol. The van der Waals surface area contributed by atoms with Gasteiger partial charge in [0.2, 0.25) is 0 Å². The van der Waals surface area contributed by atoms with E-state index in [-0.39, 0.29) is 12.5 Å². The number of carbonyl (C=O) groups excluding carboxylic acids is 1. The van der Waals surface area contributed by atoms with Crippen LogP contribution < -0.4 is 5.32 Å². The van der Waals surface area contributed by atoms with Crippen LogP contribution in [0.15, 0.2) is 40.8 Å². The third-order valence-electron chi connectivity index (χ3n) is 5.36. The molecule has 31 heavy (non-hydrogen) atoms. The molecule has 3 heterocycles. The molecule has 1 saturated heterocycles. The molecule has 1 fully saturated rings. The maximum absolute atomic E-state index is 13.1. The quantitative estimate of drug-likeness (QED) is 0.642. The molecule has 9 heteroatoms. The highest BCUT2D eigenvalue weighted by atomic mass is 19.4. The van der Waals surface area contributed by atoms with Crippen LogP contribution in [-0.4, -0.2) is 54.8 Å². The van der Waals surface area contributed by atoms with E-state index in [1.165, 1.54) is 6.07 Å². The molecule has 0 atom stereocenters. The monoisotopic (exact) mass is 435 g/mol. The van der Waals surface area contributed by atoms with Crippen molar-refractivity contribution in [3.8, 4) is 0 Å². The summed E-state index contributed by atoms with van der Waals surface area (Å²) >= 11 is 0. The molecule has 0 unspecified atom stereocenters. The molecule has 3 aromatic rings. The first-order chi connectivity index (χ1) is 14.8. The zero-order valence-corrected chi connectivity index (χ0v) is 17.2. The minimum atomic E-state index is -4.42. The maximum atomic E-state index is 13.1. The number of nitrogens with one attached hydrogen (secondary N) is 1. The summed E-state index contributed by atoms with van der Waals surface area (Å²) in [4.78, 5) is 15.1. The number of hydrogen-bond donors (Lipinski definition) is 1. The molecule has 0 saturated carbocycles. The van der Waals surface area contributed by atoms with Gasteiger partial charge in [0.1, 0.15) is 11.5 Å². The van der Waals surface area contributed by atoms with Crippen molar-refractivity contribution in [2.24, 2.45) is 0 Å². The van der Waals surface area contributed by atoms with Crippen molar-refractivity contribution >= 4 is 17.0 Å². The molecule has 0 bridgehead atoms. The number of alkyl halides is 3. The number of aryl methyl sites for hydroxylation is 1. The first kappa shape index (κ1) is 21.5. The molecular formula is C22H24F3N3O3. The van der Waals surface area contributed by atoms with Crippen LogP contribution in [0, 0.1) is 6.92 Å². The fraction of sp³-hybridized carbons (Fsp3) is 0.409. The number of ether oxygens (including phenoxy) is 1. The number of halogens is 3. The number of morpholine rings is 1. The Balaban J connectivity index is 1.54. The lowest BCUT2D eigenvalue weighted by molar-refractivity contribution is -0.137. The molecule has 1 aliphatic rings. The Bertz CT molecular complexity index is 1070. The number of hydrogen-bond acceptors (Lipinski definition) is 4. The van der Waals surface area contributed by atoms with Crippen LogP contribution in [-0.2, 0) is 17.5 Å². The summed E-state index contributed by atoms with van der Waals surface area (Å²) in [5.41, 5.74) is 1.30. The van der Waals surface area contributed by atoms with Crippen LogP contribution in [0.3, 0.4) is 0 Å². The second kappa shape index (κ2) is 8.76. The lowest BCUT2D eigenvalue weighted by Crippen LogP contribution is -2.41. The molecule has 0 spiro atoms. The second-order valence-electron chi connectivity index (χ2n) is 7.63. The Morgan fingerprint density at radius 1 is 1.16 bits per heavy atom. The van der Waals surface area contributed by atoms with Crippen molar-refractivity contribution in [2.75, 3.05) is 39.4 Å². The van der Waals surface area contributed by atoms with Gasteiger partial charge in [-0.05, 0) is 24.6 Å². The van der Waals surface area contributed by atoms with Gasteiger partial charge >= 0.3 is 6.18 Å². The standard InChI is InChI=1S/C22H24F3N3O3/c1-15-11-18-20(31-15)13-19(21(29)26-5-6-27-7-9-30-10-8-27)28(18)14-16-3-2-4-17(12-16)22(23,24)25/h2-4,11-13H,5-10,14H2,1H3,(H,26,29). The van der Waals surface area contributed by atoms with E-state index in [4.69, 9.17) is 9.15 Å². The van der Waals surface area contributed by atoms with Crippen LogP contribution in [0.1, 0.15) is 27.4 Å².